The van der Waals surface area contributed by atoms with Crippen molar-refractivity contribution in [2.45, 2.75) is 38.8 Å². The van der Waals surface area contributed by atoms with Gasteiger partial charge in [0.05, 0.1) is 6.54 Å². The van der Waals surface area contributed by atoms with E-state index in [0.29, 0.717) is 18.5 Å². The number of benzene rings is 1. The smallest absolute Gasteiger partial charge is 0.254 e. The maximum Gasteiger partial charge on any atom is 0.254 e. The van der Waals surface area contributed by atoms with Gasteiger partial charge in [0, 0.05) is 22.6 Å². The molecule has 1 aromatic rings. The maximum atomic E-state index is 12.6. The molecule has 1 aliphatic heterocycles. The van der Waals surface area contributed by atoms with Crippen LogP contribution in [-0.4, -0.2) is 47.8 Å². The molecule has 1 saturated heterocycles. The summed E-state index contributed by atoms with van der Waals surface area (Å²) < 4.78 is 0.894. The van der Waals surface area contributed by atoms with E-state index in [0.717, 1.165) is 10.9 Å². The first-order valence-corrected chi connectivity index (χ1v) is 8.81. The van der Waals surface area contributed by atoms with Crippen LogP contribution >= 0.6 is 15.9 Å². The van der Waals surface area contributed by atoms with Gasteiger partial charge in [-0.1, -0.05) is 15.9 Å². The summed E-state index contributed by atoms with van der Waals surface area (Å²) in [6.07, 6.45) is 1.39. The largest absolute Gasteiger partial charge is 0.352 e. The molecule has 1 aromatic carbocycles. The number of carbonyl (C=O) groups is 3. The van der Waals surface area contributed by atoms with Crippen LogP contribution in [0.15, 0.2) is 28.7 Å². The quantitative estimate of drug-likeness (QED) is 0.795. The maximum absolute atomic E-state index is 12.6. The summed E-state index contributed by atoms with van der Waals surface area (Å²) >= 11 is 3.34. The number of amides is 3. The van der Waals surface area contributed by atoms with Crippen LogP contribution in [-0.2, 0) is 9.59 Å². The average molecular weight is 396 g/mol. The fourth-order valence-electron chi connectivity index (χ4n) is 2.70. The van der Waals surface area contributed by atoms with Crippen LogP contribution in [0.3, 0.4) is 0 Å². The van der Waals surface area contributed by atoms with Crippen molar-refractivity contribution in [3.05, 3.63) is 34.3 Å². The van der Waals surface area contributed by atoms with Crippen molar-refractivity contribution in [3.8, 4) is 0 Å². The molecular weight excluding hydrogens is 374 g/mol. The van der Waals surface area contributed by atoms with Gasteiger partial charge < -0.3 is 15.5 Å². The number of nitrogens with zero attached hydrogens (tertiary/aromatic N) is 1. The molecule has 6 nitrogen and oxygen atoms in total. The normalized spacial score (nSPS) is 17.0. The van der Waals surface area contributed by atoms with Crippen LogP contribution in [0.25, 0.3) is 0 Å². The van der Waals surface area contributed by atoms with Gasteiger partial charge in [-0.05, 0) is 51.0 Å². The molecule has 0 radical (unpaired) electrons. The lowest BCUT2D eigenvalue weighted by atomic mass is 10.1. The lowest BCUT2D eigenvalue weighted by Crippen LogP contribution is -2.48. The lowest BCUT2D eigenvalue weighted by molar-refractivity contribution is -0.128. The molecule has 2 rings (SSSR count). The number of halogens is 1. The van der Waals surface area contributed by atoms with Crippen LogP contribution in [0.1, 0.15) is 37.0 Å². The summed E-state index contributed by atoms with van der Waals surface area (Å²) in [6, 6.07) is 6.57. The molecule has 1 aliphatic rings. The molecule has 0 spiro atoms. The van der Waals surface area contributed by atoms with Gasteiger partial charge in [-0.25, -0.2) is 0 Å². The molecule has 24 heavy (non-hydrogen) atoms. The van der Waals surface area contributed by atoms with Crippen molar-refractivity contribution >= 4 is 33.7 Å². The first kappa shape index (κ1) is 18.4. The van der Waals surface area contributed by atoms with Crippen LogP contribution in [0, 0.1) is 0 Å². The SMILES string of the molecule is CC(C)NC(=O)CNC(=O)C1CCCN1C(=O)c1ccc(Br)cc1. The summed E-state index contributed by atoms with van der Waals surface area (Å²) in [7, 11) is 0. The molecule has 0 bridgehead atoms. The topological polar surface area (TPSA) is 78.5 Å². The van der Waals surface area contributed by atoms with E-state index < -0.39 is 6.04 Å². The van der Waals surface area contributed by atoms with E-state index in [1.165, 1.54) is 0 Å². The Hall–Kier alpha value is -1.89. The molecule has 0 aromatic heterocycles. The molecule has 0 aliphatic carbocycles. The van der Waals surface area contributed by atoms with Gasteiger partial charge in [-0.2, -0.15) is 0 Å². The number of carbonyl (C=O) groups excluding carboxylic acids is 3. The second-order valence-electron chi connectivity index (χ2n) is 6.10. The van der Waals surface area contributed by atoms with Crippen molar-refractivity contribution in [2.24, 2.45) is 0 Å². The number of hydrogen-bond donors (Lipinski definition) is 2. The standard InChI is InChI=1S/C17H22BrN3O3/c1-11(2)20-15(22)10-19-16(23)14-4-3-9-21(14)17(24)12-5-7-13(18)8-6-12/h5-8,11,14H,3-4,9-10H2,1-2H3,(H,19,23)(H,20,22). The molecule has 1 heterocycles. The second-order valence-corrected chi connectivity index (χ2v) is 7.02. The van der Waals surface area contributed by atoms with E-state index >= 15 is 0 Å². The molecule has 1 atom stereocenters. The Kier molecular flexibility index (Phi) is 6.36. The Labute approximate surface area is 150 Å². The minimum Gasteiger partial charge on any atom is -0.352 e. The van der Waals surface area contributed by atoms with Crippen molar-refractivity contribution in [1.29, 1.82) is 0 Å². The Morgan fingerprint density at radius 1 is 1.25 bits per heavy atom. The van der Waals surface area contributed by atoms with E-state index in [1.54, 1.807) is 29.2 Å². The molecule has 1 fully saturated rings. The van der Waals surface area contributed by atoms with Gasteiger partial charge in [0.1, 0.15) is 6.04 Å². The van der Waals surface area contributed by atoms with Crippen LogP contribution < -0.4 is 10.6 Å². The predicted octanol–water partition coefficient (Wildman–Crippen LogP) is 1.69. The predicted molar refractivity (Wildman–Crippen MR) is 94.5 cm³/mol. The fourth-order valence-corrected chi connectivity index (χ4v) is 2.96. The highest BCUT2D eigenvalue weighted by Gasteiger charge is 2.34. The summed E-state index contributed by atoms with van der Waals surface area (Å²) in [6.45, 7) is 4.18. The monoisotopic (exact) mass is 395 g/mol. The second kappa shape index (κ2) is 8.28. The van der Waals surface area contributed by atoms with Crippen LogP contribution in [0.4, 0.5) is 0 Å². The minimum atomic E-state index is -0.520. The van der Waals surface area contributed by atoms with Gasteiger partial charge in [0.15, 0.2) is 0 Å². The number of hydrogen-bond acceptors (Lipinski definition) is 3. The van der Waals surface area contributed by atoms with E-state index in [2.05, 4.69) is 26.6 Å². The minimum absolute atomic E-state index is 0.0244. The van der Waals surface area contributed by atoms with Crippen molar-refractivity contribution in [3.63, 3.8) is 0 Å². The highest BCUT2D eigenvalue weighted by Crippen LogP contribution is 2.21. The average Bonchev–Trinajstić information content (AvgIpc) is 3.01. The van der Waals surface area contributed by atoms with Gasteiger partial charge in [0.2, 0.25) is 11.8 Å². The number of likely N-dealkylation sites (tertiary alicyclic amines) is 1. The highest BCUT2D eigenvalue weighted by atomic mass is 79.9. The van der Waals surface area contributed by atoms with E-state index in [4.69, 9.17) is 0 Å². The Balaban J connectivity index is 1.96. The fraction of sp³-hybridized carbons (Fsp3) is 0.471. The third kappa shape index (κ3) is 4.80. The highest BCUT2D eigenvalue weighted by molar-refractivity contribution is 9.10. The van der Waals surface area contributed by atoms with Gasteiger partial charge in [0.25, 0.3) is 5.91 Å². The summed E-state index contributed by atoms with van der Waals surface area (Å²) in [5.41, 5.74) is 0.551. The zero-order valence-corrected chi connectivity index (χ0v) is 15.4. The molecule has 7 heteroatoms. The molecule has 0 saturated carbocycles. The lowest BCUT2D eigenvalue weighted by Gasteiger charge is -2.24. The zero-order valence-electron chi connectivity index (χ0n) is 13.8. The third-order valence-corrected chi connectivity index (χ3v) is 4.31. The Morgan fingerprint density at radius 3 is 2.54 bits per heavy atom. The summed E-state index contributed by atoms with van der Waals surface area (Å²) in [5, 5.41) is 5.34. The van der Waals surface area contributed by atoms with Crippen molar-refractivity contribution in [1.82, 2.24) is 15.5 Å². The van der Waals surface area contributed by atoms with Gasteiger partial charge in [-0.3, -0.25) is 14.4 Å². The Morgan fingerprint density at radius 2 is 1.92 bits per heavy atom. The first-order valence-electron chi connectivity index (χ1n) is 8.02. The number of nitrogens with one attached hydrogen (secondary N) is 2. The summed E-state index contributed by atoms with van der Waals surface area (Å²) in [5.74, 6) is -0.675. The van der Waals surface area contributed by atoms with Gasteiger partial charge >= 0.3 is 0 Å². The van der Waals surface area contributed by atoms with E-state index in [-0.39, 0.29) is 30.3 Å². The van der Waals surface area contributed by atoms with E-state index in [1.807, 2.05) is 13.8 Å². The Bertz CT molecular complexity index is 616. The van der Waals surface area contributed by atoms with Crippen molar-refractivity contribution < 1.29 is 14.4 Å². The summed E-state index contributed by atoms with van der Waals surface area (Å²) in [4.78, 5) is 38.2. The number of rotatable bonds is 5. The molecular formula is C17H22BrN3O3. The van der Waals surface area contributed by atoms with Crippen molar-refractivity contribution in [2.75, 3.05) is 13.1 Å². The van der Waals surface area contributed by atoms with Crippen LogP contribution in [0.2, 0.25) is 0 Å². The molecule has 130 valence electrons. The first-order chi connectivity index (χ1) is 11.4. The van der Waals surface area contributed by atoms with Gasteiger partial charge in [-0.15, -0.1) is 0 Å². The molecule has 1 unspecified atom stereocenters. The molecule has 3 amide bonds. The molecule has 2 N–H and O–H groups in total. The third-order valence-electron chi connectivity index (χ3n) is 3.78. The van der Waals surface area contributed by atoms with E-state index in [9.17, 15) is 14.4 Å². The van der Waals surface area contributed by atoms with Crippen LogP contribution in [0.5, 0.6) is 0 Å². The zero-order chi connectivity index (χ0) is 17.7.